The number of benzene rings is 1. The molecule has 0 saturated carbocycles. The molecule has 0 amide bonds. The van der Waals surface area contributed by atoms with Crippen LogP contribution in [-0.4, -0.2) is 12.6 Å². The fourth-order valence-corrected chi connectivity index (χ4v) is 2.22. The molecule has 0 N–H and O–H groups in total. The van der Waals surface area contributed by atoms with E-state index in [1.165, 1.54) is 0 Å². The Hall–Kier alpha value is -2.10. The summed E-state index contributed by atoms with van der Waals surface area (Å²) in [6.45, 7) is 3.95. The van der Waals surface area contributed by atoms with Gasteiger partial charge in [-0.25, -0.2) is 0 Å². The molecule has 0 spiro atoms. The largest absolute Gasteiger partial charge is 0.466 e. The molecule has 4 heteroatoms. The van der Waals surface area contributed by atoms with Gasteiger partial charge in [-0.05, 0) is 38.8 Å². The first-order chi connectivity index (χ1) is 9.63. The zero-order chi connectivity index (χ0) is 14.5. The van der Waals surface area contributed by atoms with Crippen LogP contribution in [0.15, 0.2) is 33.5 Å². The summed E-state index contributed by atoms with van der Waals surface area (Å²) in [7, 11) is 0. The molecule has 4 nitrogen and oxygen atoms in total. The predicted molar refractivity (Wildman–Crippen MR) is 76.8 cm³/mol. The minimum absolute atomic E-state index is 0.00629. The van der Waals surface area contributed by atoms with Gasteiger partial charge < -0.3 is 9.15 Å². The second kappa shape index (κ2) is 6.37. The highest BCUT2D eigenvalue weighted by Gasteiger charge is 2.11. The van der Waals surface area contributed by atoms with Gasteiger partial charge in [-0.1, -0.05) is 12.1 Å². The number of aryl methyl sites for hydroxylation is 1. The van der Waals surface area contributed by atoms with Crippen molar-refractivity contribution >= 4 is 16.9 Å². The van der Waals surface area contributed by atoms with Crippen LogP contribution in [0.25, 0.3) is 11.0 Å². The number of para-hydroxylation sites is 1. The average molecular weight is 274 g/mol. The summed E-state index contributed by atoms with van der Waals surface area (Å²) in [6, 6.07) is 7.20. The Balaban J connectivity index is 2.18. The highest BCUT2D eigenvalue weighted by Crippen LogP contribution is 2.16. The van der Waals surface area contributed by atoms with Crippen molar-refractivity contribution in [1.29, 1.82) is 0 Å². The summed E-state index contributed by atoms with van der Waals surface area (Å²) in [6.07, 6.45) is 1.43. The first-order valence-electron chi connectivity index (χ1n) is 6.80. The molecule has 1 aromatic carbocycles. The van der Waals surface area contributed by atoms with Gasteiger partial charge in [0.15, 0.2) is 5.43 Å². The number of carbonyl (C=O) groups excluding carboxylic acids is 1. The Kier molecular flexibility index (Phi) is 4.56. The lowest BCUT2D eigenvalue weighted by Crippen LogP contribution is -2.12. The van der Waals surface area contributed by atoms with E-state index in [-0.39, 0.29) is 11.4 Å². The molecule has 0 fully saturated rings. The van der Waals surface area contributed by atoms with Crippen LogP contribution >= 0.6 is 0 Å². The third-order valence-electron chi connectivity index (χ3n) is 3.21. The van der Waals surface area contributed by atoms with E-state index in [0.717, 1.165) is 0 Å². The van der Waals surface area contributed by atoms with E-state index in [9.17, 15) is 9.59 Å². The van der Waals surface area contributed by atoms with Gasteiger partial charge in [-0.2, -0.15) is 0 Å². The normalized spacial score (nSPS) is 10.7. The maximum atomic E-state index is 12.4. The van der Waals surface area contributed by atoms with Crippen molar-refractivity contribution in [2.45, 2.75) is 33.1 Å². The van der Waals surface area contributed by atoms with E-state index < -0.39 is 0 Å². The van der Waals surface area contributed by atoms with E-state index in [0.29, 0.717) is 48.2 Å². The topological polar surface area (TPSA) is 56.5 Å². The zero-order valence-electron chi connectivity index (χ0n) is 11.8. The van der Waals surface area contributed by atoms with E-state index in [2.05, 4.69) is 0 Å². The SMILES string of the molecule is CCOC(=O)CCCc1c(C)oc2ccccc2c1=O. The number of rotatable bonds is 5. The van der Waals surface area contributed by atoms with Crippen LogP contribution in [0, 0.1) is 6.92 Å². The number of fused-ring (bicyclic) bond motifs is 1. The molecule has 1 heterocycles. The predicted octanol–water partition coefficient (Wildman–Crippen LogP) is 2.99. The Morgan fingerprint density at radius 1 is 1.30 bits per heavy atom. The molecule has 2 aromatic rings. The molecular formula is C16H18O4. The smallest absolute Gasteiger partial charge is 0.305 e. The molecule has 0 atom stereocenters. The number of hydrogen-bond donors (Lipinski definition) is 0. The van der Waals surface area contributed by atoms with Crippen LogP contribution in [0.1, 0.15) is 31.1 Å². The number of hydrogen-bond acceptors (Lipinski definition) is 4. The lowest BCUT2D eigenvalue weighted by Gasteiger charge is -2.06. The molecule has 0 bridgehead atoms. The highest BCUT2D eigenvalue weighted by molar-refractivity contribution is 5.77. The second-order valence-corrected chi connectivity index (χ2v) is 4.62. The molecule has 106 valence electrons. The molecule has 0 aliphatic heterocycles. The summed E-state index contributed by atoms with van der Waals surface area (Å²) in [5.41, 5.74) is 1.24. The Morgan fingerprint density at radius 2 is 2.05 bits per heavy atom. The molecule has 0 aliphatic carbocycles. The van der Waals surface area contributed by atoms with Gasteiger partial charge in [0, 0.05) is 12.0 Å². The van der Waals surface area contributed by atoms with Gasteiger partial charge in [0.1, 0.15) is 11.3 Å². The zero-order valence-corrected chi connectivity index (χ0v) is 11.8. The van der Waals surface area contributed by atoms with Crippen LogP contribution in [-0.2, 0) is 16.0 Å². The van der Waals surface area contributed by atoms with Gasteiger partial charge in [-0.15, -0.1) is 0 Å². The lowest BCUT2D eigenvalue weighted by atomic mass is 10.0. The second-order valence-electron chi connectivity index (χ2n) is 4.62. The van der Waals surface area contributed by atoms with Crippen molar-refractivity contribution in [3.05, 3.63) is 45.8 Å². The van der Waals surface area contributed by atoms with Gasteiger partial charge in [0.05, 0.1) is 12.0 Å². The summed E-state index contributed by atoms with van der Waals surface area (Å²) < 4.78 is 10.5. The quantitative estimate of drug-likeness (QED) is 0.786. The fourth-order valence-electron chi connectivity index (χ4n) is 2.22. The number of esters is 1. The molecule has 20 heavy (non-hydrogen) atoms. The third kappa shape index (κ3) is 3.07. The van der Waals surface area contributed by atoms with Gasteiger partial charge in [0.25, 0.3) is 0 Å². The monoisotopic (exact) mass is 274 g/mol. The fraction of sp³-hybridized carbons (Fsp3) is 0.375. The minimum atomic E-state index is -0.227. The molecule has 0 aliphatic rings. The van der Waals surface area contributed by atoms with Crippen molar-refractivity contribution in [1.82, 2.24) is 0 Å². The summed E-state index contributed by atoms with van der Waals surface area (Å²) in [5.74, 6) is 0.396. The maximum absolute atomic E-state index is 12.4. The van der Waals surface area contributed by atoms with Crippen molar-refractivity contribution in [3.63, 3.8) is 0 Å². The summed E-state index contributed by atoms with van der Waals surface area (Å²) >= 11 is 0. The van der Waals surface area contributed by atoms with Crippen LogP contribution in [0.5, 0.6) is 0 Å². The summed E-state index contributed by atoms with van der Waals surface area (Å²) in [4.78, 5) is 23.7. The Labute approximate surface area is 117 Å². The van der Waals surface area contributed by atoms with Gasteiger partial charge >= 0.3 is 5.97 Å². The Morgan fingerprint density at radius 3 is 2.80 bits per heavy atom. The van der Waals surface area contributed by atoms with Gasteiger partial charge in [-0.3, -0.25) is 9.59 Å². The first-order valence-corrected chi connectivity index (χ1v) is 6.80. The minimum Gasteiger partial charge on any atom is -0.466 e. The van der Waals surface area contributed by atoms with Crippen LogP contribution in [0.3, 0.4) is 0 Å². The van der Waals surface area contributed by atoms with Crippen molar-refractivity contribution in [3.8, 4) is 0 Å². The van der Waals surface area contributed by atoms with E-state index >= 15 is 0 Å². The Bertz CT molecular complexity index is 670. The van der Waals surface area contributed by atoms with Crippen LogP contribution in [0.4, 0.5) is 0 Å². The highest BCUT2D eigenvalue weighted by atomic mass is 16.5. The first kappa shape index (κ1) is 14.3. The molecule has 0 unspecified atom stereocenters. The number of ether oxygens (including phenoxy) is 1. The van der Waals surface area contributed by atoms with Crippen molar-refractivity contribution < 1.29 is 13.9 Å². The van der Waals surface area contributed by atoms with E-state index in [1.807, 2.05) is 12.1 Å². The maximum Gasteiger partial charge on any atom is 0.305 e. The van der Waals surface area contributed by atoms with Crippen LogP contribution in [0.2, 0.25) is 0 Å². The molecule has 0 radical (unpaired) electrons. The number of carbonyl (C=O) groups is 1. The third-order valence-corrected chi connectivity index (χ3v) is 3.21. The lowest BCUT2D eigenvalue weighted by molar-refractivity contribution is -0.143. The van der Waals surface area contributed by atoms with E-state index in [4.69, 9.17) is 9.15 Å². The van der Waals surface area contributed by atoms with Crippen molar-refractivity contribution in [2.24, 2.45) is 0 Å². The molecule has 1 aromatic heterocycles. The van der Waals surface area contributed by atoms with Gasteiger partial charge in [0.2, 0.25) is 0 Å². The van der Waals surface area contributed by atoms with Crippen LogP contribution < -0.4 is 5.43 Å². The van der Waals surface area contributed by atoms with Crippen molar-refractivity contribution in [2.75, 3.05) is 6.61 Å². The molecule has 2 rings (SSSR count). The standard InChI is InChI=1S/C16H18O4/c1-3-19-15(17)10-6-8-12-11(2)20-14-9-5-4-7-13(14)16(12)18/h4-5,7,9H,3,6,8,10H2,1-2H3. The molecular weight excluding hydrogens is 256 g/mol. The van der Waals surface area contributed by atoms with E-state index in [1.54, 1.807) is 26.0 Å². The summed E-state index contributed by atoms with van der Waals surface area (Å²) in [5, 5.41) is 0.587. The average Bonchev–Trinajstić information content (AvgIpc) is 2.43. The molecule has 0 saturated heterocycles.